The van der Waals surface area contributed by atoms with Gasteiger partial charge in [0.1, 0.15) is 5.75 Å². The lowest BCUT2D eigenvalue weighted by atomic mass is 10.1. The number of carbonyl (C=O) groups excluding carboxylic acids is 1. The highest BCUT2D eigenvalue weighted by molar-refractivity contribution is 6.30. The molecule has 1 saturated heterocycles. The van der Waals surface area contributed by atoms with Crippen LogP contribution in [0.25, 0.3) is 0 Å². The van der Waals surface area contributed by atoms with Crippen LogP contribution >= 0.6 is 11.6 Å². The third-order valence-corrected chi connectivity index (χ3v) is 3.47. The summed E-state index contributed by atoms with van der Waals surface area (Å²) < 4.78 is 5.26. The van der Waals surface area contributed by atoms with Gasteiger partial charge in [-0.15, -0.1) is 0 Å². The number of halogens is 1. The standard InChI is InChI=1S/C14H19ClN2O2/c1-19-14-3-2-12(15)8-11(14)9-13(18)10-17-6-4-16-5-7-17/h2-3,8,16H,4-7,9-10H2,1H3. The van der Waals surface area contributed by atoms with Crippen LogP contribution in [0.2, 0.25) is 5.02 Å². The van der Waals surface area contributed by atoms with Gasteiger partial charge in [-0.25, -0.2) is 0 Å². The highest BCUT2D eigenvalue weighted by Gasteiger charge is 2.15. The zero-order valence-electron chi connectivity index (χ0n) is 11.1. The monoisotopic (exact) mass is 282 g/mol. The molecule has 0 amide bonds. The van der Waals surface area contributed by atoms with Crippen LogP contribution in [-0.2, 0) is 11.2 Å². The van der Waals surface area contributed by atoms with Gasteiger partial charge in [0.05, 0.1) is 13.7 Å². The lowest BCUT2D eigenvalue weighted by molar-refractivity contribution is -0.119. The summed E-state index contributed by atoms with van der Waals surface area (Å²) in [5.74, 6) is 0.917. The third-order valence-electron chi connectivity index (χ3n) is 3.24. The number of hydrogen-bond donors (Lipinski definition) is 1. The summed E-state index contributed by atoms with van der Waals surface area (Å²) in [6, 6.07) is 5.37. The highest BCUT2D eigenvalue weighted by Crippen LogP contribution is 2.23. The molecule has 0 aromatic heterocycles. The average molecular weight is 283 g/mol. The quantitative estimate of drug-likeness (QED) is 0.886. The molecule has 0 radical (unpaired) electrons. The number of ether oxygens (including phenoxy) is 1. The number of benzene rings is 1. The predicted molar refractivity (Wildman–Crippen MR) is 76.0 cm³/mol. The maximum absolute atomic E-state index is 12.1. The molecule has 0 aliphatic carbocycles. The van der Waals surface area contributed by atoms with Crippen molar-refractivity contribution in [2.75, 3.05) is 39.8 Å². The van der Waals surface area contributed by atoms with Crippen molar-refractivity contribution in [3.63, 3.8) is 0 Å². The van der Waals surface area contributed by atoms with E-state index in [1.165, 1.54) is 0 Å². The summed E-state index contributed by atoms with van der Waals surface area (Å²) >= 11 is 5.96. The van der Waals surface area contributed by atoms with Gasteiger partial charge in [0.2, 0.25) is 0 Å². The van der Waals surface area contributed by atoms with Gasteiger partial charge in [-0.3, -0.25) is 9.69 Å². The molecular formula is C14H19ClN2O2. The van der Waals surface area contributed by atoms with Crippen molar-refractivity contribution in [3.8, 4) is 5.75 Å². The summed E-state index contributed by atoms with van der Waals surface area (Å²) in [4.78, 5) is 14.3. The molecule has 1 aromatic rings. The van der Waals surface area contributed by atoms with Gasteiger partial charge in [-0.05, 0) is 18.2 Å². The lowest BCUT2D eigenvalue weighted by Gasteiger charge is -2.26. The van der Waals surface area contributed by atoms with Gasteiger partial charge in [0, 0.05) is 43.2 Å². The zero-order valence-corrected chi connectivity index (χ0v) is 11.9. The van der Waals surface area contributed by atoms with E-state index in [2.05, 4.69) is 10.2 Å². The molecule has 1 heterocycles. The van der Waals surface area contributed by atoms with E-state index < -0.39 is 0 Å². The van der Waals surface area contributed by atoms with Crippen molar-refractivity contribution >= 4 is 17.4 Å². The predicted octanol–water partition coefficient (Wildman–Crippen LogP) is 1.37. The summed E-state index contributed by atoms with van der Waals surface area (Å²) in [6.45, 7) is 4.26. The smallest absolute Gasteiger partial charge is 0.151 e. The molecule has 1 aliphatic heterocycles. The molecule has 1 fully saturated rings. The molecule has 0 bridgehead atoms. The number of nitrogens with zero attached hydrogens (tertiary/aromatic N) is 1. The Morgan fingerprint density at radius 3 is 2.84 bits per heavy atom. The van der Waals surface area contributed by atoms with E-state index in [1.807, 2.05) is 0 Å². The molecule has 0 spiro atoms. The van der Waals surface area contributed by atoms with Crippen molar-refractivity contribution in [2.24, 2.45) is 0 Å². The third kappa shape index (κ3) is 4.20. The number of Topliss-reactive ketones (excluding diaryl/α,β-unsaturated/α-hetero) is 1. The Morgan fingerprint density at radius 1 is 1.42 bits per heavy atom. The van der Waals surface area contributed by atoms with E-state index >= 15 is 0 Å². The largest absolute Gasteiger partial charge is 0.496 e. The summed E-state index contributed by atoms with van der Waals surface area (Å²) in [7, 11) is 1.60. The Labute approximate surface area is 118 Å². The topological polar surface area (TPSA) is 41.6 Å². The second-order valence-corrected chi connectivity index (χ2v) is 5.13. The number of methoxy groups -OCH3 is 1. The Kier molecular flexibility index (Phi) is 5.19. The molecule has 2 rings (SSSR count). The van der Waals surface area contributed by atoms with Crippen molar-refractivity contribution in [1.29, 1.82) is 0 Å². The zero-order chi connectivity index (χ0) is 13.7. The van der Waals surface area contributed by atoms with Gasteiger partial charge in [0.15, 0.2) is 5.78 Å². The van der Waals surface area contributed by atoms with E-state index in [0.29, 0.717) is 18.0 Å². The summed E-state index contributed by atoms with van der Waals surface area (Å²) in [5.41, 5.74) is 0.857. The number of ketones is 1. The fourth-order valence-electron chi connectivity index (χ4n) is 2.27. The number of rotatable bonds is 5. The van der Waals surface area contributed by atoms with Crippen molar-refractivity contribution in [3.05, 3.63) is 28.8 Å². The van der Waals surface area contributed by atoms with Crippen LogP contribution in [0.3, 0.4) is 0 Å². The normalized spacial score (nSPS) is 16.3. The van der Waals surface area contributed by atoms with Crippen LogP contribution in [0.15, 0.2) is 18.2 Å². The Balaban J connectivity index is 1.95. The first-order valence-electron chi connectivity index (χ1n) is 6.46. The van der Waals surface area contributed by atoms with Gasteiger partial charge < -0.3 is 10.1 Å². The van der Waals surface area contributed by atoms with Gasteiger partial charge in [-0.2, -0.15) is 0 Å². The average Bonchev–Trinajstić information content (AvgIpc) is 2.40. The molecule has 104 valence electrons. The van der Waals surface area contributed by atoms with E-state index in [9.17, 15) is 4.79 Å². The van der Waals surface area contributed by atoms with Gasteiger partial charge in [-0.1, -0.05) is 11.6 Å². The molecule has 0 saturated carbocycles. The number of carbonyl (C=O) groups is 1. The van der Waals surface area contributed by atoms with Crippen molar-refractivity contribution in [1.82, 2.24) is 10.2 Å². The first-order chi connectivity index (χ1) is 9.19. The Hall–Kier alpha value is -1.10. The highest BCUT2D eigenvalue weighted by atomic mass is 35.5. The minimum atomic E-state index is 0.197. The minimum absolute atomic E-state index is 0.197. The van der Waals surface area contributed by atoms with Crippen LogP contribution in [0.1, 0.15) is 5.56 Å². The van der Waals surface area contributed by atoms with Crippen LogP contribution < -0.4 is 10.1 Å². The fraction of sp³-hybridized carbons (Fsp3) is 0.500. The first-order valence-corrected chi connectivity index (χ1v) is 6.84. The van der Waals surface area contributed by atoms with Crippen LogP contribution in [-0.4, -0.2) is 50.5 Å². The van der Waals surface area contributed by atoms with E-state index in [4.69, 9.17) is 16.3 Å². The molecule has 1 aliphatic rings. The number of nitrogens with one attached hydrogen (secondary N) is 1. The molecule has 4 nitrogen and oxygen atoms in total. The van der Waals surface area contributed by atoms with E-state index in [0.717, 1.165) is 37.5 Å². The number of hydrogen-bond acceptors (Lipinski definition) is 4. The van der Waals surface area contributed by atoms with E-state index in [1.54, 1.807) is 25.3 Å². The summed E-state index contributed by atoms with van der Waals surface area (Å²) in [6.07, 6.45) is 0.369. The molecule has 19 heavy (non-hydrogen) atoms. The van der Waals surface area contributed by atoms with Crippen molar-refractivity contribution in [2.45, 2.75) is 6.42 Å². The van der Waals surface area contributed by atoms with Gasteiger partial charge >= 0.3 is 0 Å². The van der Waals surface area contributed by atoms with Crippen LogP contribution in [0.5, 0.6) is 5.75 Å². The molecule has 0 unspecified atom stereocenters. The number of piperazine rings is 1. The molecule has 1 aromatic carbocycles. The molecule has 0 atom stereocenters. The first kappa shape index (κ1) is 14.3. The van der Waals surface area contributed by atoms with Crippen molar-refractivity contribution < 1.29 is 9.53 Å². The SMILES string of the molecule is COc1ccc(Cl)cc1CC(=O)CN1CCNCC1. The molecular weight excluding hydrogens is 264 g/mol. The Bertz CT molecular complexity index is 445. The lowest BCUT2D eigenvalue weighted by Crippen LogP contribution is -2.45. The van der Waals surface area contributed by atoms with Crippen LogP contribution in [0.4, 0.5) is 0 Å². The maximum Gasteiger partial charge on any atom is 0.151 e. The van der Waals surface area contributed by atoms with Crippen LogP contribution in [0, 0.1) is 0 Å². The minimum Gasteiger partial charge on any atom is -0.496 e. The Morgan fingerprint density at radius 2 is 2.16 bits per heavy atom. The second-order valence-electron chi connectivity index (χ2n) is 4.70. The van der Waals surface area contributed by atoms with Gasteiger partial charge in [0.25, 0.3) is 0 Å². The summed E-state index contributed by atoms with van der Waals surface area (Å²) in [5, 5.41) is 3.90. The molecule has 1 N–H and O–H groups in total. The van der Waals surface area contributed by atoms with E-state index in [-0.39, 0.29) is 5.78 Å². The fourth-order valence-corrected chi connectivity index (χ4v) is 2.47. The molecule has 5 heteroatoms. The maximum atomic E-state index is 12.1. The second kappa shape index (κ2) is 6.89.